The van der Waals surface area contributed by atoms with Gasteiger partial charge in [-0.05, 0) is 50.3 Å². The second kappa shape index (κ2) is 5.74. The lowest BCUT2D eigenvalue weighted by Crippen LogP contribution is -2.44. The summed E-state index contributed by atoms with van der Waals surface area (Å²) in [5, 5.41) is 5.35. The summed E-state index contributed by atoms with van der Waals surface area (Å²) in [5.41, 5.74) is 2.37. The smallest absolute Gasteiger partial charge is 0.326 e. The first-order valence-electron chi connectivity index (χ1n) is 8.16. The van der Waals surface area contributed by atoms with Gasteiger partial charge in [-0.15, -0.1) is 0 Å². The number of aromatic nitrogens is 1. The van der Waals surface area contributed by atoms with Crippen LogP contribution in [0.3, 0.4) is 0 Å². The normalized spacial score (nSPS) is 16.7. The number of hydrogen-bond donors (Lipinski definition) is 2. The van der Waals surface area contributed by atoms with Crippen LogP contribution in [0.2, 0.25) is 0 Å². The van der Waals surface area contributed by atoms with E-state index in [-0.39, 0.29) is 35.6 Å². The number of aliphatic imine (C=N–C) groups is 1. The van der Waals surface area contributed by atoms with Gasteiger partial charge in [-0.2, -0.15) is 9.98 Å². The molecule has 24 heavy (non-hydrogen) atoms. The van der Waals surface area contributed by atoms with Crippen LogP contribution in [0.15, 0.2) is 27.6 Å². The van der Waals surface area contributed by atoms with Gasteiger partial charge < -0.3 is 4.42 Å². The fourth-order valence-corrected chi connectivity index (χ4v) is 2.38. The molecular formula is C17H18N4O3. The molecule has 7 heteroatoms. The first-order valence-corrected chi connectivity index (χ1v) is 8.16. The van der Waals surface area contributed by atoms with E-state index in [9.17, 15) is 9.59 Å². The van der Waals surface area contributed by atoms with Gasteiger partial charge in [0.1, 0.15) is 5.52 Å². The van der Waals surface area contributed by atoms with E-state index in [0.717, 1.165) is 31.2 Å². The summed E-state index contributed by atoms with van der Waals surface area (Å²) in [5.74, 6) is -0.140. The van der Waals surface area contributed by atoms with Crippen LogP contribution in [-0.4, -0.2) is 22.8 Å². The third-order valence-corrected chi connectivity index (χ3v) is 4.12. The second-order valence-electron chi connectivity index (χ2n) is 6.46. The maximum absolute atomic E-state index is 12.0. The molecule has 1 heterocycles. The molecule has 0 unspecified atom stereocenters. The highest BCUT2D eigenvalue weighted by Gasteiger charge is 2.33. The number of aryl methyl sites for hydroxylation is 1. The zero-order valence-corrected chi connectivity index (χ0v) is 13.3. The van der Waals surface area contributed by atoms with Gasteiger partial charge in [0.15, 0.2) is 5.58 Å². The number of oxazole rings is 1. The highest BCUT2D eigenvalue weighted by atomic mass is 16.4. The SMILES string of the molecule is Cc1ccc2oc(N=C(NC(=O)C3CC3)NC(=O)C3CC3)nc2c1. The van der Waals surface area contributed by atoms with E-state index in [1.54, 1.807) is 0 Å². The number of nitrogens with zero attached hydrogens (tertiary/aromatic N) is 2. The molecule has 2 amide bonds. The van der Waals surface area contributed by atoms with Crippen molar-refractivity contribution in [3.63, 3.8) is 0 Å². The molecule has 4 rings (SSSR count). The van der Waals surface area contributed by atoms with Gasteiger partial charge in [-0.25, -0.2) is 0 Å². The first-order chi connectivity index (χ1) is 11.6. The monoisotopic (exact) mass is 326 g/mol. The molecule has 0 aliphatic heterocycles. The minimum Gasteiger partial charge on any atom is -0.422 e. The molecule has 1 aromatic heterocycles. The fraction of sp³-hybridized carbons (Fsp3) is 0.412. The van der Waals surface area contributed by atoms with Crippen molar-refractivity contribution in [2.75, 3.05) is 0 Å². The van der Waals surface area contributed by atoms with E-state index >= 15 is 0 Å². The predicted molar refractivity (Wildman–Crippen MR) is 87.6 cm³/mol. The van der Waals surface area contributed by atoms with Gasteiger partial charge in [0, 0.05) is 11.8 Å². The lowest BCUT2D eigenvalue weighted by Gasteiger charge is -2.08. The molecule has 2 aromatic rings. The summed E-state index contributed by atoms with van der Waals surface area (Å²) < 4.78 is 5.57. The summed E-state index contributed by atoms with van der Waals surface area (Å²) >= 11 is 0. The number of benzene rings is 1. The molecule has 2 aliphatic rings. The van der Waals surface area contributed by atoms with Crippen LogP contribution in [0, 0.1) is 18.8 Å². The Morgan fingerprint density at radius 2 is 1.75 bits per heavy atom. The zero-order chi connectivity index (χ0) is 16.7. The summed E-state index contributed by atoms with van der Waals surface area (Å²) in [6, 6.07) is 5.74. The molecule has 0 radical (unpaired) electrons. The number of carbonyl (C=O) groups is 2. The third-order valence-electron chi connectivity index (χ3n) is 4.12. The average molecular weight is 326 g/mol. The van der Waals surface area contributed by atoms with Gasteiger partial charge in [0.25, 0.3) is 0 Å². The van der Waals surface area contributed by atoms with Crippen LogP contribution in [-0.2, 0) is 9.59 Å². The standard InChI is InChI=1S/C17H18N4O3/c1-9-2-7-13-12(8-9)18-17(24-13)21-16(19-14(22)10-3-4-10)20-15(23)11-5-6-11/h2,7-8,10-11H,3-6H2,1H3,(H2,18,19,20,21,22,23). The molecular weight excluding hydrogens is 308 g/mol. The number of nitrogens with one attached hydrogen (secondary N) is 2. The largest absolute Gasteiger partial charge is 0.422 e. The number of hydrogen-bond acceptors (Lipinski definition) is 5. The van der Waals surface area contributed by atoms with Crippen LogP contribution in [0.25, 0.3) is 11.1 Å². The Bertz CT molecular complexity index is 819. The maximum atomic E-state index is 12.0. The van der Waals surface area contributed by atoms with Gasteiger partial charge in [-0.3, -0.25) is 20.2 Å². The molecule has 2 saturated carbocycles. The van der Waals surface area contributed by atoms with Crippen molar-refractivity contribution < 1.29 is 14.0 Å². The summed E-state index contributed by atoms with van der Waals surface area (Å²) in [4.78, 5) is 32.5. The highest BCUT2D eigenvalue weighted by molar-refractivity contribution is 6.06. The Labute approximate surface area is 138 Å². The molecule has 2 fully saturated rings. The van der Waals surface area contributed by atoms with Crippen LogP contribution >= 0.6 is 0 Å². The highest BCUT2D eigenvalue weighted by Crippen LogP contribution is 2.30. The van der Waals surface area contributed by atoms with Crippen LogP contribution in [0.4, 0.5) is 6.01 Å². The fourth-order valence-electron chi connectivity index (χ4n) is 2.38. The minimum atomic E-state index is -0.128. The summed E-state index contributed by atoms with van der Waals surface area (Å²) in [6.45, 7) is 1.97. The lowest BCUT2D eigenvalue weighted by molar-refractivity contribution is -0.121. The van der Waals surface area contributed by atoms with Gasteiger partial charge in [-0.1, -0.05) is 6.07 Å². The predicted octanol–water partition coefficient (Wildman–Crippen LogP) is 2.18. The Morgan fingerprint density at radius 3 is 2.33 bits per heavy atom. The van der Waals surface area contributed by atoms with Gasteiger partial charge in [0.05, 0.1) is 0 Å². The topological polar surface area (TPSA) is 96.6 Å². The van der Waals surface area contributed by atoms with E-state index in [0.29, 0.717) is 11.1 Å². The Morgan fingerprint density at radius 1 is 1.12 bits per heavy atom. The molecule has 0 bridgehead atoms. The minimum absolute atomic E-state index is 0.0132. The van der Waals surface area contributed by atoms with Crippen molar-refractivity contribution in [1.29, 1.82) is 0 Å². The molecule has 0 atom stereocenters. The zero-order valence-electron chi connectivity index (χ0n) is 13.3. The van der Waals surface area contributed by atoms with Crippen molar-refractivity contribution in [2.24, 2.45) is 16.8 Å². The third kappa shape index (κ3) is 3.29. The maximum Gasteiger partial charge on any atom is 0.326 e. The second-order valence-corrected chi connectivity index (χ2v) is 6.46. The van der Waals surface area contributed by atoms with Crippen LogP contribution < -0.4 is 10.6 Å². The molecule has 0 saturated heterocycles. The van der Waals surface area contributed by atoms with Crippen molar-refractivity contribution >= 4 is 34.9 Å². The molecule has 1 aromatic carbocycles. The van der Waals surface area contributed by atoms with Gasteiger partial charge in [0.2, 0.25) is 17.8 Å². The van der Waals surface area contributed by atoms with Crippen molar-refractivity contribution in [2.45, 2.75) is 32.6 Å². The Hall–Kier alpha value is -2.70. The van der Waals surface area contributed by atoms with Crippen LogP contribution in [0.1, 0.15) is 31.2 Å². The molecule has 0 spiro atoms. The van der Waals surface area contributed by atoms with E-state index in [1.807, 2.05) is 25.1 Å². The van der Waals surface area contributed by atoms with Crippen molar-refractivity contribution in [3.05, 3.63) is 23.8 Å². The number of guanidine groups is 1. The Kier molecular flexibility index (Phi) is 3.55. The number of amides is 2. The number of carbonyl (C=O) groups excluding carboxylic acids is 2. The lowest BCUT2D eigenvalue weighted by atomic mass is 10.2. The van der Waals surface area contributed by atoms with Crippen molar-refractivity contribution in [3.8, 4) is 0 Å². The van der Waals surface area contributed by atoms with Crippen molar-refractivity contribution in [1.82, 2.24) is 15.6 Å². The van der Waals surface area contributed by atoms with Crippen LogP contribution in [0.5, 0.6) is 0 Å². The number of fused-ring (bicyclic) bond motifs is 1. The summed E-state index contributed by atoms with van der Waals surface area (Å²) in [6.07, 6.45) is 3.49. The number of rotatable bonds is 3. The Balaban J connectivity index is 1.59. The van der Waals surface area contributed by atoms with E-state index in [1.165, 1.54) is 0 Å². The van der Waals surface area contributed by atoms with E-state index < -0.39 is 0 Å². The molecule has 2 N–H and O–H groups in total. The summed E-state index contributed by atoms with van der Waals surface area (Å²) in [7, 11) is 0. The average Bonchev–Trinajstić information content (AvgIpc) is 3.43. The van der Waals surface area contributed by atoms with E-state index in [2.05, 4.69) is 20.6 Å². The van der Waals surface area contributed by atoms with Gasteiger partial charge >= 0.3 is 6.01 Å². The molecule has 2 aliphatic carbocycles. The first kappa shape index (κ1) is 14.9. The van der Waals surface area contributed by atoms with E-state index in [4.69, 9.17) is 4.42 Å². The quantitative estimate of drug-likeness (QED) is 0.667. The molecule has 7 nitrogen and oxygen atoms in total. The molecule has 124 valence electrons.